The van der Waals surface area contributed by atoms with E-state index < -0.39 is 28.8 Å². The van der Waals surface area contributed by atoms with Gasteiger partial charge in [0.25, 0.3) is 5.69 Å². The molecular formula is C13H16F3NO3. The van der Waals surface area contributed by atoms with E-state index in [4.69, 9.17) is 0 Å². The molecule has 1 unspecified atom stereocenters. The summed E-state index contributed by atoms with van der Waals surface area (Å²) < 4.78 is 38.1. The third-order valence-electron chi connectivity index (χ3n) is 2.84. The van der Waals surface area contributed by atoms with E-state index in [0.717, 1.165) is 6.07 Å². The van der Waals surface area contributed by atoms with Crippen molar-refractivity contribution in [2.75, 3.05) is 0 Å². The number of para-hydroxylation sites is 1. The molecule has 20 heavy (non-hydrogen) atoms. The van der Waals surface area contributed by atoms with Gasteiger partial charge in [-0.1, -0.05) is 26.0 Å². The molecule has 0 aliphatic rings. The predicted molar refractivity (Wildman–Crippen MR) is 67.1 cm³/mol. The van der Waals surface area contributed by atoms with Crippen LogP contribution in [0.4, 0.5) is 18.9 Å². The predicted octanol–water partition coefficient (Wildman–Crippen LogP) is 3.78. The summed E-state index contributed by atoms with van der Waals surface area (Å²) in [6, 6.07) is 5.00. The van der Waals surface area contributed by atoms with Crippen molar-refractivity contribution >= 4 is 5.69 Å². The summed E-state index contributed by atoms with van der Waals surface area (Å²) in [6.07, 6.45) is -6.34. The van der Waals surface area contributed by atoms with E-state index in [1.165, 1.54) is 18.2 Å². The lowest BCUT2D eigenvalue weighted by atomic mass is 9.82. The van der Waals surface area contributed by atoms with Crippen LogP contribution in [0.25, 0.3) is 0 Å². The monoisotopic (exact) mass is 291 g/mol. The molecule has 0 fully saturated rings. The normalized spacial score (nSPS) is 15.2. The third-order valence-corrected chi connectivity index (χ3v) is 2.84. The fourth-order valence-corrected chi connectivity index (χ4v) is 2.31. The van der Waals surface area contributed by atoms with Crippen LogP contribution in [0.1, 0.15) is 32.3 Å². The Hall–Kier alpha value is -1.63. The first-order chi connectivity index (χ1) is 9.05. The molecule has 0 aliphatic carbocycles. The molecule has 0 aromatic heterocycles. The molecule has 4 nitrogen and oxygen atoms in total. The van der Waals surface area contributed by atoms with Crippen molar-refractivity contribution in [1.82, 2.24) is 0 Å². The maximum absolute atomic E-state index is 12.7. The number of alkyl halides is 3. The zero-order valence-electron chi connectivity index (χ0n) is 11.1. The Bertz CT molecular complexity index is 488. The molecule has 0 spiro atoms. The van der Waals surface area contributed by atoms with Crippen LogP contribution >= 0.6 is 0 Å². The van der Waals surface area contributed by atoms with Gasteiger partial charge >= 0.3 is 6.18 Å². The number of hydrogen-bond acceptors (Lipinski definition) is 3. The van der Waals surface area contributed by atoms with Crippen LogP contribution < -0.4 is 0 Å². The van der Waals surface area contributed by atoms with Crippen LogP contribution in [-0.2, 0) is 5.60 Å². The van der Waals surface area contributed by atoms with Crippen LogP contribution in [-0.4, -0.2) is 16.2 Å². The van der Waals surface area contributed by atoms with E-state index in [2.05, 4.69) is 0 Å². The summed E-state index contributed by atoms with van der Waals surface area (Å²) in [5, 5.41) is 21.3. The van der Waals surface area contributed by atoms with E-state index >= 15 is 0 Å². The average Bonchev–Trinajstić information content (AvgIpc) is 2.25. The average molecular weight is 291 g/mol. The molecule has 1 aromatic carbocycles. The Kier molecular flexibility index (Phi) is 4.75. The summed E-state index contributed by atoms with van der Waals surface area (Å²) >= 11 is 0. The molecule has 0 radical (unpaired) electrons. The SMILES string of the molecule is CC(C)CC(O)(CC(F)(F)F)c1ccccc1[N+](=O)[O-]. The Morgan fingerprint density at radius 3 is 2.30 bits per heavy atom. The van der Waals surface area contributed by atoms with E-state index in [9.17, 15) is 28.4 Å². The number of hydrogen-bond donors (Lipinski definition) is 1. The number of benzene rings is 1. The van der Waals surface area contributed by atoms with Gasteiger partial charge in [0.2, 0.25) is 0 Å². The van der Waals surface area contributed by atoms with Gasteiger partial charge in [0, 0.05) is 6.07 Å². The van der Waals surface area contributed by atoms with Gasteiger partial charge in [-0.15, -0.1) is 0 Å². The van der Waals surface area contributed by atoms with Crippen molar-refractivity contribution < 1.29 is 23.2 Å². The summed E-state index contributed by atoms with van der Waals surface area (Å²) in [7, 11) is 0. The molecule has 0 saturated carbocycles. The fourth-order valence-electron chi connectivity index (χ4n) is 2.31. The smallest absolute Gasteiger partial charge is 0.385 e. The quantitative estimate of drug-likeness (QED) is 0.663. The summed E-state index contributed by atoms with van der Waals surface area (Å²) in [5.74, 6) is -0.248. The van der Waals surface area contributed by atoms with Gasteiger partial charge in [-0.2, -0.15) is 13.2 Å². The molecular weight excluding hydrogens is 275 g/mol. The second-order valence-corrected chi connectivity index (χ2v) is 5.20. The van der Waals surface area contributed by atoms with Crippen molar-refractivity contribution in [3.05, 3.63) is 39.9 Å². The minimum Gasteiger partial charge on any atom is -0.385 e. The first kappa shape index (κ1) is 16.4. The maximum atomic E-state index is 12.7. The van der Waals surface area contributed by atoms with Crippen molar-refractivity contribution in [3.63, 3.8) is 0 Å². The zero-order valence-corrected chi connectivity index (χ0v) is 11.1. The number of nitro groups is 1. The van der Waals surface area contributed by atoms with E-state index in [0.29, 0.717) is 0 Å². The van der Waals surface area contributed by atoms with Crippen LogP contribution in [0.2, 0.25) is 0 Å². The van der Waals surface area contributed by atoms with Gasteiger partial charge < -0.3 is 5.11 Å². The largest absolute Gasteiger partial charge is 0.392 e. The van der Waals surface area contributed by atoms with Crippen LogP contribution in [0.3, 0.4) is 0 Å². The minimum absolute atomic E-state index is 0.211. The third kappa shape index (κ3) is 4.19. The van der Waals surface area contributed by atoms with Crippen LogP contribution in [0.15, 0.2) is 24.3 Å². The minimum atomic E-state index is -4.62. The van der Waals surface area contributed by atoms with Crippen LogP contribution in [0, 0.1) is 16.0 Å². The van der Waals surface area contributed by atoms with Crippen molar-refractivity contribution in [3.8, 4) is 0 Å². The highest BCUT2D eigenvalue weighted by atomic mass is 19.4. The molecule has 1 atom stereocenters. The van der Waals surface area contributed by atoms with Gasteiger partial charge in [0.1, 0.15) is 5.60 Å². The second-order valence-electron chi connectivity index (χ2n) is 5.20. The molecule has 1 aromatic rings. The molecule has 0 heterocycles. The fraction of sp³-hybridized carbons (Fsp3) is 0.538. The van der Waals surface area contributed by atoms with Crippen molar-refractivity contribution in [1.29, 1.82) is 0 Å². The number of aliphatic hydroxyl groups is 1. The Morgan fingerprint density at radius 2 is 1.85 bits per heavy atom. The lowest BCUT2D eigenvalue weighted by Gasteiger charge is -2.30. The standard InChI is InChI=1S/C13H16F3NO3/c1-9(2)7-12(18,8-13(14,15)16)10-5-3-4-6-11(10)17(19)20/h3-6,9,18H,7-8H2,1-2H3. The molecule has 7 heteroatoms. The van der Waals surface area contributed by atoms with Gasteiger partial charge in [-0.3, -0.25) is 10.1 Å². The lowest BCUT2D eigenvalue weighted by Crippen LogP contribution is -2.34. The number of halogens is 3. The Balaban J connectivity index is 3.34. The topological polar surface area (TPSA) is 63.4 Å². The highest BCUT2D eigenvalue weighted by Gasteiger charge is 2.45. The van der Waals surface area contributed by atoms with Crippen LogP contribution in [0.5, 0.6) is 0 Å². The molecule has 0 amide bonds. The van der Waals surface area contributed by atoms with Crippen molar-refractivity contribution in [2.24, 2.45) is 5.92 Å². The molecule has 1 rings (SSSR count). The first-order valence-corrected chi connectivity index (χ1v) is 6.08. The number of nitrogens with zero attached hydrogens (tertiary/aromatic N) is 1. The van der Waals surface area contributed by atoms with Crippen molar-refractivity contribution in [2.45, 2.75) is 38.5 Å². The van der Waals surface area contributed by atoms with Gasteiger partial charge in [-0.05, 0) is 18.4 Å². The second kappa shape index (κ2) is 5.78. The highest BCUT2D eigenvalue weighted by Crippen LogP contribution is 2.42. The molecule has 0 aliphatic heterocycles. The highest BCUT2D eigenvalue weighted by molar-refractivity contribution is 5.44. The van der Waals surface area contributed by atoms with Gasteiger partial charge in [-0.25, -0.2) is 0 Å². The zero-order chi connectivity index (χ0) is 15.6. The molecule has 1 N–H and O–H groups in total. The molecule has 0 bridgehead atoms. The van der Waals surface area contributed by atoms with E-state index in [-0.39, 0.29) is 17.9 Å². The summed E-state index contributed by atoms with van der Waals surface area (Å²) in [6.45, 7) is 3.30. The summed E-state index contributed by atoms with van der Waals surface area (Å²) in [4.78, 5) is 10.2. The van der Waals surface area contributed by atoms with E-state index in [1.54, 1.807) is 13.8 Å². The number of nitro benzene ring substituents is 1. The maximum Gasteiger partial charge on any atom is 0.392 e. The molecule has 112 valence electrons. The van der Waals surface area contributed by atoms with Gasteiger partial charge in [0.15, 0.2) is 0 Å². The Morgan fingerprint density at radius 1 is 1.30 bits per heavy atom. The first-order valence-electron chi connectivity index (χ1n) is 6.08. The Labute approximate surface area is 114 Å². The summed E-state index contributed by atoms with van der Waals surface area (Å²) in [5.41, 5.74) is -3.09. The van der Waals surface area contributed by atoms with Gasteiger partial charge in [0.05, 0.1) is 16.9 Å². The number of rotatable bonds is 5. The lowest BCUT2D eigenvalue weighted by molar-refractivity contribution is -0.387. The van der Waals surface area contributed by atoms with E-state index in [1.807, 2.05) is 0 Å². The molecule has 0 saturated heterocycles.